The van der Waals surface area contributed by atoms with E-state index in [0.717, 1.165) is 12.4 Å². The van der Waals surface area contributed by atoms with Crippen LogP contribution in [-0.2, 0) is 5.54 Å². The highest BCUT2D eigenvalue weighted by Gasteiger charge is 2.16. The molecular formula is C7H11ClFN3. The lowest BCUT2D eigenvalue weighted by molar-refractivity contribution is 0.504. The van der Waals surface area contributed by atoms with Gasteiger partial charge in [-0.1, -0.05) is 0 Å². The first-order valence-electron chi connectivity index (χ1n) is 3.27. The normalized spacial score (nSPS) is 10.7. The van der Waals surface area contributed by atoms with Crippen LogP contribution in [0.15, 0.2) is 12.4 Å². The van der Waals surface area contributed by atoms with Gasteiger partial charge >= 0.3 is 0 Å². The van der Waals surface area contributed by atoms with Gasteiger partial charge in [0.1, 0.15) is 5.82 Å². The maximum absolute atomic E-state index is 12.3. The third kappa shape index (κ3) is 2.71. The van der Waals surface area contributed by atoms with E-state index in [1.54, 1.807) is 13.8 Å². The van der Waals surface area contributed by atoms with Crippen LogP contribution in [0.5, 0.6) is 0 Å². The standard InChI is InChI=1S/C7H10FN3.ClH/c1-7(2,9)6-10-3-5(8)4-11-6;/h3-4H,9H2,1-2H3;1H. The highest BCUT2D eigenvalue weighted by molar-refractivity contribution is 5.85. The fourth-order valence-electron chi connectivity index (χ4n) is 0.645. The third-order valence-corrected chi connectivity index (χ3v) is 1.20. The summed E-state index contributed by atoms with van der Waals surface area (Å²) in [7, 11) is 0. The summed E-state index contributed by atoms with van der Waals surface area (Å²) in [6.45, 7) is 3.53. The van der Waals surface area contributed by atoms with Crippen molar-refractivity contribution >= 4 is 12.4 Å². The molecule has 0 aromatic carbocycles. The van der Waals surface area contributed by atoms with E-state index in [-0.39, 0.29) is 12.4 Å². The number of halogens is 2. The van der Waals surface area contributed by atoms with E-state index in [4.69, 9.17) is 5.73 Å². The predicted octanol–water partition coefficient (Wildman–Crippen LogP) is 1.23. The second-order valence-electron chi connectivity index (χ2n) is 2.95. The fourth-order valence-corrected chi connectivity index (χ4v) is 0.645. The van der Waals surface area contributed by atoms with Gasteiger partial charge in [0.2, 0.25) is 0 Å². The Morgan fingerprint density at radius 2 is 1.75 bits per heavy atom. The summed E-state index contributed by atoms with van der Waals surface area (Å²) in [5.41, 5.74) is 5.06. The maximum Gasteiger partial charge on any atom is 0.159 e. The zero-order valence-electron chi connectivity index (χ0n) is 6.91. The van der Waals surface area contributed by atoms with E-state index in [0.29, 0.717) is 5.82 Å². The van der Waals surface area contributed by atoms with Crippen LogP contribution in [0.25, 0.3) is 0 Å². The minimum atomic E-state index is -0.603. The second-order valence-corrected chi connectivity index (χ2v) is 2.95. The molecule has 0 aliphatic rings. The smallest absolute Gasteiger partial charge is 0.159 e. The van der Waals surface area contributed by atoms with Crippen molar-refractivity contribution in [1.82, 2.24) is 9.97 Å². The van der Waals surface area contributed by atoms with Crippen LogP contribution >= 0.6 is 12.4 Å². The van der Waals surface area contributed by atoms with Crippen LogP contribution in [-0.4, -0.2) is 9.97 Å². The molecule has 0 atom stereocenters. The molecule has 68 valence electrons. The SMILES string of the molecule is CC(C)(N)c1ncc(F)cn1.Cl. The minimum absolute atomic E-state index is 0. The molecule has 1 aromatic heterocycles. The van der Waals surface area contributed by atoms with Gasteiger partial charge in [-0.2, -0.15) is 0 Å². The van der Waals surface area contributed by atoms with Gasteiger partial charge in [0.15, 0.2) is 5.82 Å². The van der Waals surface area contributed by atoms with Gasteiger partial charge in [-0.15, -0.1) is 12.4 Å². The van der Waals surface area contributed by atoms with E-state index < -0.39 is 11.4 Å². The molecule has 0 saturated heterocycles. The molecule has 0 aliphatic heterocycles. The van der Waals surface area contributed by atoms with E-state index in [1.807, 2.05) is 0 Å². The highest BCUT2D eigenvalue weighted by Crippen LogP contribution is 2.09. The Morgan fingerprint density at radius 1 is 1.33 bits per heavy atom. The molecule has 1 heterocycles. The molecule has 0 spiro atoms. The minimum Gasteiger partial charge on any atom is -0.319 e. The van der Waals surface area contributed by atoms with Crippen molar-refractivity contribution in [1.29, 1.82) is 0 Å². The van der Waals surface area contributed by atoms with Crippen LogP contribution in [0.2, 0.25) is 0 Å². The van der Waals surface area contributed by atoms with Gasteiger partial charge in [-0.3, -0.25) is 0 Å². The van der Waals surface area contributed by atoms with Crippen molar-refractivity contribution in [2.75, 3.05) is 0 Å². The Morgan fingerprint density at radius 3 is 2.08 bits per heavy atom. The van der Waals surface area contributed by atoms with Crippen LogP contribution in [0.3, 0.4) is 0 Å². The fraction of sp³-hybridized carbons (Fsp3) is 0.429. The molecule has 0 aliphatic carbocycles. The van der Waals surface area contributed by atoms with E-state index in [2.05, 4.69) is 9.97 Å². The van der Waals surface area contributed by atoms with Crippen LogP contribution in [0.4, 0.5) is 4.39 Å². The quantitative estimate of drug-likeness (QED) is 0.727. The van der Waals surface area contributed by atoms with E-state index in [1.165, 1.54) is 0 Å². The molecule has 12 heavy (non-hydrogen) atoms. The Kier molecular flexibility index (Phi) is 3.55. The summed E-state index contributed by atoms with van der Waals surface area (Å²) in [4.78, 5) is 7.48. The Bertz CT molecular complexity index is 242. The molecular weight excluding hydrogens is 181 g/mol. The lowest BCUT2D eigenvalue weighted by atomic mass is 10.1. The monoisotopic (exact) mass is 191 g/mol. The highest BCUT2D eigenvalue weighted by atomic mass is 35.5. The van der Waals surface area contributed by atoms with Gasteiger partial charge in [-0.25, -0.2) is 14.4 Å². The molecule has 3 nitrogen and oxygen atoms in total. The van der Waals surface area contributed by atoms with Crippen LogP contribution in [0.1, 0.15) is 19.7 Å². The van der Waals surface area contributed by atoms with Gasteiger partial charge in [0.25, 0.3) is 0 Å². The molecule has 2 N–H and O–H groups in total. The van der Waals surface area contributed by atoms with E-state index in [9.17, 15) is 4.39 Å². The average Bonchev–Trinajstić information content (AvgIpc) is 1.86. The zero-order valence-corrected chi connectivity index (χ0v) is 7.73. The first-order chi connectivity index (χ1) is 5.00. The second kappa shape index (κ2) is 3.78. The number of hydrogen-bond donors (Lipinski definition) is 1. The van der Waals surface area contributed by atoms with Gasteiger partial charge in [0.05, 0.1) is 17.9 Å². The molecule has 0 unspecified atom stereocenters. The largest absolute Gasteiger partial charge is 0.319 e. The summed E-state index contributed by atoms with van der Waals surface area (Å²) < 4.78 is 12.3. The van der Waals surface area contributed by atoms with Gasteiger partial charge < -0.3 is 5.73 Å². The summed E-state index contributed by atoms with van der Waals surface area (Å²) >= 11 is 0. The first-order valence-corrected chi connectivity index (χ1v) is 3.27. The molecule has 0 radical (unpaired) electrons. The number of nitrogens with zero attached hydrogens (tertiary/aromatic N) is 2. The lowest BCUT2D eigenvalue weighted by Crippen LogP contribution is -2.31. The predicted molar refractivity (Wildman–Crippen MR) is 46.5 cm³/mol. The Balaban J connectivity index is 0.00000121. The maximum atomic E-state index is 12.3. The molecule has 0 fully saturated rings. The summed E-state index contributed by atoms with van der Waals surface area (Å²) in [6.07, 6.45) is 2.22. The van der Waals surface area contributed by atoms with Gasteiger partial charge in [-0.05, 0) is 13.8 Å². The van der Waals surface area contributed by atoms with Crippen molar-refractivity contribution in [3.8, 4) is 0 Å². The zero-order chi connectivity index (χ0) is 8.48. The van der Waals surface area contributed by atoms with Crippen LogP contribution < -0.4 is 5.73 Å². The molecule has 1 aromatic rings. The molecule has 1 rings (SSSR count). The van der Waals surface area contributed by atoms with Crippen molar-refractivity contribution in [2.24, 2.45) is 5.73 Å². The third-order valence-electron chi connectivity index (χ3n) is 1.20. The number of hydrogen-bond acceptors (Lipinski definition) is 3. The van der Waals surface area contributed by atoms with Crippen molar-refractivity contribution < 1.29 is 4.39 Å². The molecule has 0 amide bonds. The summed E-state index contributed by atoms with van der Waals surface area (Å²) in [5, 5.41) is 0. The number of rotatable bonds is 1. The number of aromatic nitrogens is 2. The average molecular weight is 192 g/mol. The van der Waals surface area contributed by atoms with Crippen LogP contribution in [0, 0.1) is 5.82 Å². The Hall–Kier alpha value is -0.740. The summed E-state index contributed by atoms with van der Waals surface area (Å²) in [6, 6.07) is 0. The topological polar surface area (TPSA) is 51.8 Å². The lowest BCUT2D eigenvalue weighted by Gasteiger charge is -2.15. The van der Waals surface area contributed by atoms with Crippen molar-refractivity contribution in [2.45, 2.75) is 19.4 Å². The summed E-state index contributed by atoms with van der Waals surface area (Å²) in [5.74, 6) is -0.00287. The van der Waals surface area contributed by atoms with E-state index >= 15 is 0 Å². The van der Waals surface area contributed by atoms with Crippen molar-refractivity contribution in [3.63, 3.8) is 0 Å². The molecule has 5 heteroatoms. The Labute approximate surface area is 76.6 Å². The molecule has 0 bridgehead atoms. The first kappa shape index (κ1) is 11.3. The van der Waals surface area contributed by atoms with Gasteiger partial charge in [0, 0.05) is 0 Å². The van der Waals surface area contributed by atoms with Crippen molar-refractivity contribution in [3.05, 3.63) is 24.0 Å². The number of nitrogens with two attached hydrogens (primary N) is 1. The molecule has 0 saturated carbocycles.